The minimum atomic E-state index is -0.0599. The summed E-state index contributed by atoms with van der Waals surface area (Å²) in [5, 5.41) is 3.20. The molecule has 6 heteroatoms. The number of aryl methyl sites for hydroxylation is 1. The lowest BCUT2D eigenvalue weighted by molar-refractivity contribution is 0.0729. The van der Waals surface area contributed by atoms with E-state index in [4.69, 9.17) is 4.74 Å². The van der Waals surface area contributed by atoms with Gasteiger partial charge in [0, 0.05) is 32.2 Å². The van der Waals surface area contributed by atoms with E-state index in [1.807, 2.05) is 0 Å². The molecule has 1 aliphatic heterocycles. The van der Waals surface area contributed by atoms with Crippen molar-refractivity contribution in [2.45, 2.75) is 6.92 Å². The number of piperazine rings is 1. The Morgan fingerprint density at radius 1 is 1.41 bits per heavy atom. The zero-order valence-corrected chi connectivity index (χ0v) is 10.1. The van der Waals surface area contributed by atoms with E-state index >= 15 is 0 Å². The quantitative estimate of drug-likeness (QED) is 0.772. The molecular formula is C11H16N4O2. The number of hydrogen-bond donors (Lipinski definition) is 1. The number of carbonyl (C=O) groups excluding carboxylic acids is 1. The van der Waals surface area contributed by atoms with Crippen molar-refractivity contribution < 1.29 is 9.53 Å². The zero-order chi connectivity index (χ0) is 12.3. The molecule has 1 aromatic rings. The number of hydrogen-bond acceptors (Lipinski definition) is 5. The second-order valence-electron chi connectivity index (χ2n) is 3.88. The standard InChI is InChI=1S/C11H16N4O2/c1-8-13-9(7-10(14-8)17-2)11(16)15-5-3-12-4-6-15/h7,12H,3-6H2,1-2H3. The van der Waals surface area contributed by atoms with Gasteiger partial charge in [-0.25, -0.2) is 4.98 Å². The molecule has 1 N–H and O–H groups in total. The summed E-state index contributed by atoms with van der Waals surface area (Å²) in [5.41, 5.74) is 0.399. The molecule has 17 heavy (non-hydrogen) atoms. The Labute approximate surface area is 100 Å². The lowest BCUT2D eigenvalue weighted by Crippen LogP contribution is -2.46. The van der Waals surface area contributed by atoms with E-state index < -0.39 is 0 Å². The van der Waals surface area contributed by atoms with E-state index in [1.165, 1.54) is 7.11 Å². The van der Waals surface area contributed by atoms with Crippen LogP contribution >= 0.6 is 0 Å². The fraction of sp³-hybridized carbons (Fsp3) is 0.545. The van der Waals surface area contributed by atoms with E-state index in [-0.39, 0.29) is 5.91 Å². The predicted molar refractivity (Wildman–Crippen MR) is 62.1 cm³/mol. The molecule has 1 saturated heterocycles. The molecule has 1 aliphatic rings. The molecule has 0 saturated carbocycles. The highest BCUT2D eigenvalue weighted by atomic mass is 16.5. The molecule has 0 aliphatic carbocycles. The maximum atomic E-state index is 12.2. The highest BCUT2D eigenvalue weighted by Gasteiger charge is 2.20. The van der Waals surface area contributed by atoms with Crippen LogP contribution in [0, 0.1) is 6.92 Å². The van der Waals surface area contributed by atoms with Gasteiger partial charge >= 0.3 is 0 Å². The van der Waals surface area contributed by atoms with Crippen molar-refractivity contribution in [3.8, 4) is 5.88 Å². The third-order valence-corrected chi connectivity index (χ3v) is 2.65. The van der Waals surface area contributed by atoms with Gasteiger partial charge in [-0.2, -0.15) is 4.98 Å². The van der Waals surface area contributed by atoms with Crippen molar-refractivity contribution in [3.05, 3.63) is 17.6 Å². The van der Waals surface area contributed by atoms with Gasteiger partial charge in [-0.05, 0) is 6.92 Å². The maximum absolute atomic E-state index is 12.2. The number of nitrogens with one attached hydrogen (secondary N) is 1. The number of amides is 1. The van der Waals surface area contributed by atoms with E-state index in [0.717, 1.165) is 13.1 Å². The number of rotatable bonds is 2. The van der Waals surface area contributed by atoms with Gasteiger partial charge in [0.05, 0.1) is 7.11 Å². The highest BCUT2D eigenvalue weighted by Crippen LogP contribution is 2.11. The molecule has 92 valence electrons. The summed E-state index contributed by atoms with van der Waals surface area (Å²) in [6.45, 7) is 4.82. The maximum Gasteiger partial charge on any atom is 0.272 e. The number of aromatic nitrogens is 2. The topological polar surface area (TPSA) is 67.3 Å². The van der Waals surface area contributed by atoms with Gasteiger partial charge in [-0.3, -0.25) is 4.79 Å². The van der Waals surface area contributed by atoms with Gasteiger partial charge in [-0.15, -0.1) is 0 Å². The Bertz CT molecular complexity index is 416. The van der Waals surface area contributed by atoms with Crippen LogP contribution in [0.25, 0.3) is 0 Å². The zero-order valence-electron chi connectivity index (χ0n) is 10.1. The Kier molecular flexibility index (Phi) is 3.53. The lowest BCUT2D eigenvalue weighted by atomic mass is 10.3. The Morgan fingerprint density at radius 2 is 2.12 bits per heavy atom. The monoisotopic (exact) mass is 236 g/mol. The van der Waals surface area contributed by atoms with E-state index in [2.05, 4.69) is 15.3 Å². The molecule has 0 unspecified atom stereocenters. The molecule has 0 radical (unpaired) electrons. The molecule has 0 spiro atoms. The summed E-state index contributed by atoms with van der Waals surface area (Å²) in [7, 11) is 1.53. The molecule has 1 aromatic heterocycles. The average molecular weight is 236 g/mol. The fourth-order valence-electron chi connectivity index (χ4n) is 1.78. The first kappa shape index (κ1) is 11.8. The van der Waals surface area contributed by atoms with Gasteiger partial charge in [-0.1, -0.05) is 0 Å². The molecular weight excluding hydrogens is 220 g/mol. The van der Waals surface area contributed by atoms with E-state index in [1.54, 1.807) is 17.9 Å². The van der Waals surface area contributed by atoms with Crippen LogP contribution in [-0.2, 0) is 0 Å². The van der Waals surface area contributed by atoms with E-state index in [0.29, 0.717) is 30.5 Å². The van der Waals surface area contributed by atoms with Crippen molar-refractivity contribution in [3.63, 3.8) is 0 Å². The van der Waals surface area contributed by atoms with Crippen LogP contribution in [0.5, 0.6) is 5.88 Å². The Morgan fingerprint density at radius 3 is 2.76 bits per heavy atom. The summed E-state index contributed by atoms with van der Waals surface area (Å²) < 4.78 is 5.04. The minimum Gasteiger partial charge on any atom is -0.481 e. The molecule has 0 bridgehead atoms. The molecule has 0 atom stereocenters. The smallest absolute Gasteiger partial charge is 0.272 e. The lowest BCUT2D eigenvalue weighted by Gasteiger charge is -2.27. The van der Waals surface area contributed by atoms with Crippen LogP contribution in [0.3, 0.4) is 0 Å². The minimum absolute atomic E-state index is 0.0599. The molecule has 1 fully saturated rings. The van der Waals surface area contributed by atoms with Crippen LogP contribution in [0.4, 0.5) is 0 Å². The fourth-order valence-corrected chi connectivity index (χ4v) is 1.78. The first-order valence-corrected chi connectivity index (χ1v) is 5.60. The largest absolute Gasteiger partial charge is 0.481 e. The molecule has 1 amide bonds. The highest BCUT2D eigenvalue weighted by molar-refractivity contribution is 5.92. The summed E-state index contributed by atoms with van der Waals surface area (Å²) >= 11 is 0. The Balaban J connectivity index is 2.20. The second-order valence-corrected chi connectivity index (χ2v) is 3.88. The SMILES string of the molecule is COc1cc(C(=O)N2CCNCC2)nc(C)n1. The van der Waals surface area contributed by atoms with Gasteiger partial charge in [0.2, 0.25) is 5.88 Å². The van der Waals surface area contributed by atoms with E-state index in [9.17, 15) is 4.79 Å². The van der Waals surface area contributed by atoms with Crippen molar-refractivity contribution in [2.24, 2.45) is 0 Å². The van der Waals surface area contributed by atoms with Crippen molar-refractivity contribution in [2.75, 3.05) is 33.3 Å². The third kappa shape index (κ3) is 2.71. The molecule has 0 aromatic carbocycles. The molecule has 6 nitrogen and oxygen atoms in total. The van der Waals surface area contributed by atoms with Gasteiger partial charge in [0.25, 0.3) is 5.91 Å². The van der Waals surface area contributed by atoms with Crippen molar-refractivity contribution >= 4 is 5.91 Å². The van der Waals surface area contributed by atoms with Crippen LogP contribution in [-0.4, -0.2) is 54.1 Å². The number of ether oxygens (including phenoxy) is 1. The van der Waals surface area contributed by atoms with Crippen molar-refractivity contribution in [1.82, 2.24) is 20.2 Å². The van der Waals surface area contributed by atoms with Gasteiger partial charge in [0.1, 0.15) is 11.5 Å². The average Bonchev–Trinajstić information content (AvgIpc) is 2.38. The molecule has 2 heterocycles. The van der Waals surface area contributed by atoms with Gasteiger partial charge < -0.3 is 15.0 Å². The van der Waals surface area contributed by atoms with Crippen LogP contribution < -0.4 is 10.1 Å². The van der Waals surface area contributed by atoms with Gasteiger partial charge in [0.15, 0.2) is 0 Å². The van der Waals surface area contributed by atoms with Crippen LogP contribution in [0.1, 0.15) is 16.3 Å². The summed E-state index contributed by atoms with van der Waals surface area (Å²) in [6.07, 6.45) is 0. The first-order valence-electron chi connectivity index (χ1n) is 5.60. The normalized spacial score (nSPS) is 15.8. The number of methoxy groups -OCH3 is 1. The number of nitrogens with zero attached hydrogens (tertiary/aromatic N) is 3. The summed E-state index contributed by atoms with van der Waals surface area (Å²) in [4.78, 5) is 22.2. The predicted octanol–water partition coefficient (Wildman–Crippen LogP) is -0.161. The summed E-state index contributed by atoms with van der Waals surface area (Å²) in [6, 6.07) is 1.58. The Hall–Kier alpha value is -1.69. The first-order chi connectivity index (χ1) is 8.20. The second kappa shape index (κ2) is 5.09. The molecule has 2 rings (SSSR count). The number of carbonyl (C=O) groups is 1. The van der Waals surface area contributed by atoms with Crippen LogP contribution in [0.2, 0.25) is 0 Å². The van der Waals surface area contributed by atoms with Crippen LogP contribution in [0.15, 0.2) is 6.07 Å². The van der Waals surface area contributed by atoms with Crippen molar-refractivity contribution in [1.29, 1.82) is 0 Å². The summed E-state index contributed by atoms with van der Waals surface area (Å²) in [5.74, 6) is 0.911. The third-order valence-electron chi connectivity index (χ3n) is 2.65.